The zero-order chi connectivity index (χ0) is 31.1. The van der Waals surface area contributed by atoms with E-state index in [0.29, 0.717) is 33.3 Å². The number of carbonyl (C=O) groups is 3. The number of allylic oxidation sites excluding steroid dienone is 1. The van der Waals surface area contributed by atoms with Crippen LogP contribution in [-0.2, 0) is 19.1 Å². The van der Waals surface area contributed by atoms with Crippen molar-refractivity contribution in [1.29, 1.82) is 0 Å². The number of hydrogen-bond donors (Lipinski definition) is 3. The Hall–Kier alpha value is -4.97. The molecule has 43 heavy (non-hydrogen) atoms. The van der Waals surface area contributed by atoms with Crippen LogP contribution >= 0.6 is 12.2 Å². The molecule has 0 saturated carbocycles. The number of ether oxygens (including phenoxy) is 3. The summed E-state index contributed by atoms with van der Waals surface area (Å²) < 4.78 is 17.9. The van der Waals surface area contributed by atoms with Gasteiger partial charge in [-0.15, -0.1) is 0 Å². The zero-order valence-electron chi connectivity index (χ0n) is 24.5. The predicted molar refractivity (Wildman–Crippen MR) is 165 cm³/mol. The Morgan fingerprint density at radius 1 is 1.07 bits per heavy atom. The molecule has 1 amide bonds. The van der Waals surface area contributed by atoms with Crippen LogP contribution in [-0.4, -0.2) is 54.1 Å². The number of thiocarbonyl (C=S) groups is 1. The Kier molecular flexibility index (Phi) is 9.94. The Labute approximate surface area is 254 Å². The quantitative estimate of drug-likeness (QED) is 0.137. The third-order valence-corrected chi connectivity index (χ3v) is 6.98. The van der Waals surface area contributed by atoms with Gasteiger partial charge in [-0.3, -0.25) is 4.79 Å². The van der Waals surface area contributed by atoms with Gasteiger partial charge in [0.25, 0.3) is 5.91 Å². The molecule has 3 aromatic rings. The van der Waals surface area contributed by atoms with Gasteiger partial charge in [-0.25, -0.2) is 15.0 Å². The van der Waals surface area contributed by atoms with Gasteiger partial charge in [0, 0.05) is 33.9 Å². The summed E-state index contributed by atoms with van der Waals surface area (Å²) in [6, 6.07) is 15.5. The van der Waals surface area contributed by atoms with E-state index in [1.54, 1.807) is 56.5 Å². The van der Waals surface area contributed by atoms with E-state index < -0.39 is 23.9 Å². The first kappa shape index (κ1) is 31.0. The Bertz CT molecular complexity index is 1610. The summed E-state index contributed by atoms with van der Waals surface area (Å²) in [6.07, 6.45) is 1.56. The largest absolute Gasteiger partial charge is 0.483 e. The molecule has 12 heteroatoms. The summed E-state index contributed by atoms with van der Waals surface area (Å²) in [4.78, 5) is 37.1. The molecule has 2 aromatic carbocycles. The molecule has 0 radical (unpaired) electrons. The number of nitrogens with one attached hydrogen (secondary N) is 3. The smallest absolute Gasteiger partial charge is 0.338 e. The van der Waals surface area contributed by atoms with Gasteiger partial charge in [0.2, 0.25) is 0 Å². The first-order valence-corrected chi connectivity index (χ1v) is 13.9. The fraction of sp³-hybridized carbons (Fsp3) is 0.258. The van der Waals surface area contributed by atoms with E-state index in [1.807, 2.05) is 36.6 Å². The maximum absolute atomic E-state index is 12.7. The number of esters is 2. The van der Waals surface area contributed by atoms with Crippen LogP contribution in [0.1, 0.15) is 52.8 Å². The maximum Gasteiger partial charge on any atom is 0.338 e. The summed E-state index contributed by atoms with van der Waals surface area (Å²) in [5.74, 6) is -0.944. The highest BCUT2D eigenvalue weighted by Crippen LogP contribution is 2.33. The molecule has 1 aromatic heterocycles. The van der Waals surface area contributed by atoms with Gasteiger partial charge in [0.05, 0.1) is 37.1 Å². The monoisotopic (exact) mass is 603 g/mol. The zero-order valence-corrected chi connectivity index (χ0v) is 25.3. The standard InChI is InChI=1S/C31H33N5O6S/c1-6-41-30(39)27-19(3)33-31(43)34-28(27)24-9-7-8-10-25(24)42-17-26(37)35-32-16-22-15-18(2)36(20(22)4)23-13-11-21(12-14-23)29(38)40-5/h7-16,28H,6,17H2,1-5H3,(H,35,37)(H2,33,34,43)/t28-/m1/s1. The van der Waals surface area contributed by atoms with Crippen molar-refractivity contribution in [1.82, 2.24) is 20.6 Å². The molecule has 0 saturated heterocycles. The fourth-order valence-corrected chi connectivity index (χ4v) is 5.06. The number of nitrogens with zero attached hydrogens (tertiary/aromatic N) is 2. The summed E-state index contributed by atoms with van der Waals surface area (Å²) in [6.45, 7) is 7.29. The minimum absolute atomic E-state index is 0.222. The molecule has 0 spiro atoms. The third-order valence-electron chi connectivity index (χ3n) is 6.76. The molecular formula is C31H33N5O6S. The number of aromatic nitrogens is 1. The topological polar surface area (TPSA) is 132 Å². The summed E-state index contributed by atoms with van der Waals surface area (Å²) >= 11 is 5.32. The highest BCUT2D eigenvalue weighted by molar-refractivity contribution is 7.80. The van der Waals surface area contributed by atoms with Crippen LogP contribution in [0.15, 0.2) is 71.0 Å². The number of benzene rings is 2. The number of hydrogen-bond acceptors (Lipinski definition) is 8. The lowest BCUT2D eigenvalue weighted by atomic mass is 9.95. The molecule has 0 fully saturated rings. The van der Waals surface area contributed by atoms with Crippen molar-refractivity contribution in [2.75, 3.05) is 20.3 Å². The molecule has 3 N–H and O–H groups in total. The molecule has 1 aliphatic heterocycles. The van der Waals surface area contributed by atoms with Crippen LogP contribution in [0.3, 0.4) is 0 Å². The Morgan fingerprint density at radius 2 is 1.79 bits per heavy atom. The Morgan fingerprint density at radius 3 is 2.49 bits per heavy atom. The number of hydrazone groups is 1. The molecule has 11 nitrogen and oxygen atoms in total. The average Bonchev–Trinajstić information content (AvgIpc) is 3.27. The average molecular weight is 604 g/mol. The minimum Gasteiger partial charge on any atom is -0.483 e. The second kappa shape index (κ2) is 13.8. The molecule has 0 bridgehead atoms. The molecular weight excluding hydrogens is 570 g/mol. The number of amides is 1. The van der Waals surface area contributed by atoms with Crippen molar-refractivity contribution in [3.8, 4) is 11.4 Å². The lowest BCUT2D eigenvalue weighted by molar-refractivity contribution is -0.139. The molecule has 0 unspecified atom stereocenters. The van der Waals surface area contributed by atoms with Crippen molar-refractivity contribution >= 4 is 41.4 Å². The Balaban J connectivity index is 1.43. The van der Waals surface area contributed by atoms with E-state index in [4.69, 9.17) is 26.4 Å². The van der Waals surface area contributed by atoms with E-state index in [-0.39, 0.29) is 13.2 Å². The lowest BCUT2D eigenvalue weighted by Gasteiger charge is -2.30. The fourth-order valence-electron chi connectivity index (χ4n) is 4.79. The normalized spacial score (nSPS) is 14.6. The molecule has 4 rings (SSSR count). The predicted octanol–water partition coefficient (Wildman–Crippen LogP) is 3.77. The van der Waals surface area contributed by atoms with Crippen LogP contribution in [0.5, 0.6) is 5.75 Å². The lowest BCUT2D eigenvalue weighted by Crippen LogP contribution is -2.45. The van der Waals surface area contributed by atoms with Gasteiger partial charge in [-0.1, -0.05) is 18.2 Å². The van der Waals surface area contributed by atoms with Crippen molar-refractivity contribution in [3.05, 3.63) is 93.9 Å². The van der Waals surface area contributed by atoms with Gasteiger partial charge < -0.3 is 29.4 Å². The second-order valence-electron chi connectivity index (χ2n) is 9.61. The van der Waals surface area contributed by atoms with Crippen molar-refractivity contribution in [2.45, 2.75) is 33.7 Å². The number of carbonyl (C=O) groups excluding carboxylic acids is 3. The van der Waals surface area contributed by atoms with E-state index in [2.05, 4.69) is 21.2 Å². The highest BCUT2D eigenvalue weighted by atomic mass is 32.1. The maximum atomic E-state index is 12.7. The minimum atomic E-state index is -0.628. The van der Waals surface area contributed by atoms with Gasteiger partial charge in [0.1, 0.15) is 5.75 Å². The van der Waals surface area contributed by atoms with Gasteiger partial charge in [-0.2, -0.15) is 5.10 Å². The van der Waals surface area contributed by atoms with E-state index in [1.165, 1.54) is 7.11 Å². The van der Waals surface area contributed by atoms with Gasteiger partial charge in [-0.05, 0) is 76.3 Å². The van der Waals surface area contributed by atoms with Crippen LogP contribution in [0.4, 0.5) is 0 Å². The summed E-state index contributed by atoms with van der Waals surface area (Å²) in [5.41, 5.74) is 8.07. The molecule has 224 valence electrons. The first-order valence-electron chi connectivity index (χ1n) is 13.5. The van der Waals surface area contributed by atoms with Crippen LogP contribution in [0.2, 0.25) is 0 Å². The molecule has 1 aliphatic rings. The summed E-state index contributed by atoms with van der Waals surface area (Å²) in [5, 5.41) is 10.5. The molecule has 2 heterocycles. The van der Waals surface area contributed by atoms with E-state index in [0.717, 1.165) is 22.6 Å². The molecule has 0 aliphatic carbocycles. The van der Waals surface area contributed by atoms with Crippen molar-refractivity contribution in [2.24, 2.45) is 5.10 Å². The first-order chi connectivity index (χ1) is 20.6. The van der Waals surface area contributed by atoms with Crippen LogP contribution in [0, 0.1) is 13.8 Å². The van der Waals surface area contributed by atoms with Crippen molar-refractivity contribution in [3.63, 3.8) is 0 Å². The summed E-state index contributed by atoms with van der Waals surface area (Å²) in [7, 11) is 1.34. The number of para-hydroxylation sites is 1. The highest BCUT2D eigenvalue weighted by Gasteiger charge is 2.32. The number of rotatable bonds is 10. The number of aryl methyl sites for hydroxylation is 1. The van der Waals surface area contributed by atoms with Gasteiger partial charge in [0.15, 0.2) is 11.7 Å². The number of methoxy groups -OCH3 is 1. The van der Waals surface area contributed by atoms with E-state index >= 15 is 0 Å². The SMILES string of the molecule is CCOC(=O)C1=C(C)NC(=S)N[C@@H]1c1ccccc1OCC(=O)NN=Cc1cc(C)n(-c2ccc(C(=O)OC)cc2)c1C. The second-order valence-corrected chi connectivity index (χ2v) is 10.0. The van der Waals surface area contributed by atoms with E-state index in [9.17, 15) is 14.4 Å². The van der Waals surface area contributed by atoms with Crippen LogP contribution in [0.25, 0.3) is 5.69 Å². The van der Waals surface area contributed by atoms with Crippen LogP contribution < -0.4 is 20.8 Å². The third kappa shape index (κ3) is 7.09. The van der Waals surface area contributed by atoms with Crippen molar-refractivity contribution < 1.29 is 28.6 Å². The van der Waals surface area contributed by atoms with Gasteiger partial charge >= 0.3 is 11.9 Å². The molecule has 1 atom stereocenters.